The van der Waals surface area contributed by atoms with E-state index in [1.54, 1.807) is 14.1 Å². The SMILES string of the molecule is CN(C)C(=O)NCc1nnn2c1COC1(CCCN(C(=O)C3CCCCC3)C1)C2. The van der Waals surface area contributed by atoms with E-state index < -0.39 is 0 Å². The van der Waals surface area contributed by atoms with Crippen LogP contribution in [0.2, 0.25) is 0 Å². The second kappa shape index (κ2) is 8.30. The highest BCUT2D eigenvalue weighted by atomic mass is 16.5. The Hall–Kier alpha value is -2.16. The van der Waals surface area contributed by atoms with Gasteiger partial charge in [0.1, 0.15) is 11.3 Å². The molecule has 3 heterocycles. The number of carbonyl (C=O) groups is 2. The Kier molecular flexibility index (Phi) is 5.76. The maximum absolute atomic E-state index is 13.0. The average molecular weight is 405 g/mol. The highest BCUT2D eigenvalue weighted by molar-refractivity contribution is 5.79. The number of likely N-dealkylation sites (tertiary alicyclic amines) is 1. The number of fused-ring (bicyclic) bond motifs is 1. The Morgan fingerprint density at radius 1 is 1.21 bits per heavy atom. The summed E-state index contributed by atoms with van der Waals surface area (Å²) in [5, 5.41) is 11.4. The van der Waals surface area contributed by atoms with E-state index in [2.05, 4.69) is 15.6 Å². The van der Waals surface area contributed by atoms with E-state index >= 15 is 0 Å². The summed E-state index contributed by atoms with van der Waals surface area (Å²) < 4.78 is 8.23. The Balaban J connectivity index is 1.40. The first-order valence-electron chi connectivity index (χ1n) is 10.8. The second-order valence-electron chi connectivity index (χ2n) is 8.86. The molecule has 9 nitrogen and oxygen atoms in total. The highest BCUT2D eigenvalue weighted by Gasteiger charge is 2.43. The summed E-state index contributed by atoms with van der Waals surface area (Å²) in [5.41, 5.74) is 1.26. The second-order valence-corrected chi connectivity index (χ2v) is 8.86. The summed E-state index contributed by atoms with van der Waals surface area (Å²) in [4.78, 5) is 28.3. The molecule has 1 saturated carbocycles. The van der Waals surface area contributed by atoms with E-state index in [0.29, 0.717) is 32.1 Å². The van der Waals surface area contributed by atoms with Crippen LogP contribution in [0.15, 0.2) is 0 Å². The Labute approximate surface area is 171 Å². The van der Waals surface area contributed by atoms with Gasteiger partial charge in [0.2, 0.25) is 5.91 Å². The molecule has 29 heavy (non-hydrogen) atoms. The van der Waals surface area contributed by atoms with E-state index in [9.17, 15) is 9.59 Å². The standard InChI is InChI=1S/C20H32N6O3/c1-24(2)19(28)21-11-16-17-12-29-20(14-26(17)23-22-16)9-6-10-25(13-20)18(27)15-7-4-3-5-8-15/h15H,3-14H2,1-2H3,(H,21,28). The van der Waals surface area contributed by atoms with Crippen molar-refractivity contribution in [2.75, 3.05) is 27.2 Å². The van der Waals surface area contributed by atoms with Crippen LogP contribution >= 0.6 is 0 Å². The van der Waals surface area contributed by atoms with E-state index in [0.717, 1.165) is 43.6 Å². The van der Waals surface area contributed by atoms with Crippen molar-refractivity contribution in [1.82, 2.24) is 30.1 Å². The number of amides is 3. The number of hydrogen-bond donors (Lipinski definition) is 1. The zero-order chi connectivity index (χ0) is 20.4. The van der Waals surface area contributed by atoms with Gasteiger partial charge < -0.3 is 19.9 Å². The summed E-state index contributed by atoms with van der Waals surface area (Å²) in [7, 11) is 3.40. The summed E-state index contributed by atoms with van der Waals surface area (Å²) in [6, 6.07) is -0.163. The fraction of sp³-hybridized carbons (Fsp3) is 0.800. The lowest BCUT2D eigenvalue weighted by molar-refractivity contribution is -0.157. The number of aromatic nitrogens is 3. The van der Waals surface area contributed by atoms with Crippen LogP contribution in [0.3, 0.4) is 0 Å². The maximum atomic E-state index is 13.0. The van der Waals surface area contributed by atoms with Crippen LogP contribution < -0.4 is 5.32 Å². The largest absolute Gasteiger partial charge is 0.365 e. The van der Waals surface area contributed by atoms with Crippen molar-refractivity contribution >= 4 is 11.9 Å². The molecule has 0 aromatic carbocycles. The van der Waals surface area contributed by atoms with E-state index in [4.69, 9.17) is 4.74 Å². The van der Waals surface area contributed by atoms with Crippen molar-refractivity contribution in [3.05, 3.63) is 11.4 Å². The number of rotatable bonds is 3. The summed E-state index contributed by atoms with van der Waals surface area (Å²) in [6.07, 6.45) is 7.52. The summed E-state index contributed by atoms with van der Waals surface area (Å²) in [6.45, 7) is 2.80. The van der Waals surface area contributed by atoms with Gasteiger partial charge in [-0.3, -0.25) is 4.79 Å². The van der Waals surface area contributed by atoms with Crippen LogP contribution in [0.25, 0.3) is 0 Å². The van der Waals surface area contributed by atoms with Crippen LogP contribution in [0.1, 0.15) is 56.3 Å². The van der Waals surface area contributed by atoms with Gasteiger partial charge in [0.15, 0.2) is 0 Å². The Morgan fingerprint density at radius 3 is 2.76 bits per heavy atom. The molecular weight excluding hydrogens is 372 g/mol. The third-order valence-electron chi connectivity index (χ3n) is 6.49. The molecule has 1 spiro atoms. The van der Waals surface area contributed by atoms with Crippen LogP contribution in [0.4, 0.5) is 4.79 Å². The number of ether oxygens (including phenoxy) is 1. The first-order chi connectivity index (χ1) is 14.0. The van der Waals surface area contributed by atoms with Crippen LogP contribution in [-0.2, 0) is 29.2 Å². The lowest BCUT2D eigenvalue weighted by atomic mass is 9.86. The molecule has 2 fully saturated rings. The highest BCUT2D eigenvalue weighted by Crippen LogP contribution is 2.34. The minimum absolute atomic E-state index is 0.163. The average Bonchev–Trinajstić information content (AvgIpc) is 3.13. The van der Waals surface area contributed by atoms with Crippen molar-refractivity contribution in [3.63, 3.8) is 0 Å². The van der Waals surface area contributed by atoms with Crippen molar-refractivity contribution in [2.24, 2.45) is 5.92 Å². The van der Waals surface area contributed by atoms with Gasteiger partial charge in [-0.15, -0.1) is 5.10 Å². The fourth-order valence-electron chi connectivity index (χ4n) is 4.79. The number of urea groups is 1. The third kappa shape index (κ3) is 4.24. The first kappa shape index (κ1) is 20.1. The third-order valence-corrected chi connectivity index (χ3v) is 6.49. The first-order valence-corrected chi connectivity index (χ1v) is 10.8. The molecule has 0 radical (unpaired) electrons. The number of nitrogens with one attached hydrogen (secondary N) is 1. The lowest BCUT2D eigenvalue weighted by Gasteiger charge is -2.45. The molecule has 3 amide bonds. The zero-order valence-electron chi connectivity index (χ0n) is 17.5. The molecule has 1 atom stereocenters. The molecule has 1 N–H and O–H groups in total. The van der Waals surface area contributed by atoms with Gasteiger partial charge in [-0.1, -0.05) is 24.5 Å². The summed E-state index contributed by atoms with van der Waals surface area (Å²) >= 11 is 0. The van der Waals surface area contributed by atoms with Crippen LogP contribution in [0, 0.1) is 5.92 Å². The number of carbonyl (C=O) groups excluding carboxylic acids is 2. The quantitative estimate of drug-likeness (QED) is 0.825. The Bertz CT molecular complexity index is 757. The molecular formula is C20H32N6O3. The van der Waals surface area contributed by atoms with Gasteiger partial charge in [0.25, 0.3) is 0 Å². The van der Waals surface area contributed by atoms with Crippen LogP contribution in [0.5, 0.6) is 0 Å². The van der Waals surface area contributed by atoms with Gasteiger partial charge in [-0.05, 0) is 25.7 Å². The zero-order valence-corrected chi connectivity index (χ0v) is 17.5. The van der Waals surface area contributed by atoms with Crippen molar-refractivity contribution in [1.29, 1.82) is 0 Å². The molecule has 9 heteroatoms. The minimum Gasteiger partial charge on any atom is -0.365 e. The van der Waals surface area contributed by atoms with E-state index in [-0.39, 0.29) is 17.6 Å². The smallest absolute Gasteiger partial charge is 0.317 e. The molecule has 4 rings (SSSR count). The van der Waals surface area contributed by atoms with Crippen molar-refractivity contribution in [3.8, 4) is 0 Å². The molecule has 1 aromatic rings. The number of nitrogens with zero attached hydrogens (tertiary/aromatic N) is 5. The predicted octanol–water partition coefficient (Wildman–Crippen LogP) is 1.52. The number of piperidine rings is 1. The molecule has 3 aliphatic rings. The van der Waals surface area contributed by atoms with Gasteiger partial charge >= 0.3 is 6.03 Å². The predicted molar refractivity (Wildman–Crippen MR) is 106 cm³/mol. The van der Waals surface area contributed by atoms with E-state index in [1.165, 1.54) is 24.2 Å². The lowest BCUT2D eigenvalue weighted by Crippen LogP contribution is -2.56. The molecule has 1 saturated heterocycles. The minimum atomic E-state index is -0.382. The number of hydrogen-bond acceptors (Lipinski definition) is 5. The molecule has 1 aliphatic carbocycles. The van der Waals surface area contributed by atoms with Crippen LogP contribution in [-0.4, -0.2) is 69.5 Å². The van der Waals surface area contributed by atoms with Gasteiger partial charge in [0, 0.05) is 26.6 Å². The van der Waals surface area contributed by atoms with E-state index in [1.807, 2.05) is 9.58 Å². The molecule has 0 bridgehead atoms. The molecule has 1 aromatic heterocycles. The molecule has 1 unspecified atom stereocenters. The normalized spacial score (nSPS) is 25.0. The topological polar surface area (TPSA) is 92.6 Å². The molecule has 160 valence electrons. The monoisotopic (exact) mass is 404 g/mol. The van der Waals surface area contributed by atoms with Crippen molar-refractivity contribution < 1.29 is 14.3 Å². The summed E-state index contributed by atoms with van der Waals surface area (Å²) in [5.74, 6) is 0.500. The maximum Gasteiger partial charge on any atom is 0.317 e. The van der Waals surface area contributed by atoms with Crippen molar-refractivity contribution in [2.45, 2.75) is 70.2 Å². The van der Waals surface area contributed by atoms with Gasteiger partial charge in [0.05, 0.1) is 31.9 Å². The Morgan fingerprint density at radius 2 is 2.00 bits per heavy atom. The molecule has 2 aliphatic heterocycles. The fourth-order valence-corrected chi connectivity index (χ4v) is 4.79. The van der Waals surface area contributed by atoms with Gasteiger partial charge in [-0.2, -0.15) is 0 Å². The van der Waals surface area contributed by atoms with Gasteiger partial charge in [-0.25, -0.2) is 9.48 Å².